The van der Waals surface area contributed by atoms with Gasteiger partial charge in [-0.3, -0.25) is 4.79 Å². The number of ether oxygens (including phenoxy) is 2. The van der Waals surface area contributed by atoms with E-state index in [0.29, 0.717) is 24.0 Å². The minimum absolute atomic E-state index is 0.0990. The molecule has 6 heteroatoms. The van der Waals surface area contributed by atoms with E-state index in [-0.39, 0.29) is 39.7 Å². The predicted molar refractivity (Wildman–Crippen MR) is 121 cm³/mol. The van der Waals surface area contributed by atoms with Crippen LogP contribution in [0.3, 0.4) is 0 Å². The van der Waals surface area contributed by atoms with Crippen molar-refractivity contribution in [1.82, 2.24) is 0 Å². The number of carboxylic acids is 1. The van der Waals surface area contributed by atoms with Crippen molar-refractivity contribution in [1.29, 1.82) is 0 Å². The van der Waals surface area contributed by atoms with Crippen molar-refractivity contribution in [3.8, 4) is 17.2 Å². The number of carboxylic acid groups (broad SMARTS) is 1. The summed E-state index contributed by atoms with van der Waals surface area (Å²) in [6.07, 6.45) is 5.11. The molecule has 0 amide bonds. The number of benzene rings is 2. The molecule has 32 heavy (non-hydrogen) atoms. The van der Waals surface area contributed by atoms with Gasteiger partial charge in [0.25, 0.3) is 0 Å². The summed E-state index contributed by atoms with van der Waals surface area (Å²) in [4.78, 5) is 38.0. The van der Waals surface area contributed by atoms with Gasteiger partial charge in [-0.25, -0.2) is 9.59 Å². The number of rotatable bonds is 9. The summed E-state index contributed by atoms with van der Waals surface area (Å²) in [6.45, 7) is 7.59. The Balaban J connectivity index is 2.18. The zero-order valence-corrected chi connectivity index (χ0v) is 19.2. The molecule has 0 radical (unpaired) electrons. The van der Waals surface area contributed by atoms with Crippen LogP contribution in [-0.4, -0.2) is 22.8 Å². The second kappa shape index (κ2) is 9.98. The van der Waals surface area contributed by atoms with Crippen LogP contribution in [0.4, 0.5) is 0 Å². The van der Waals surface area contributed by atoms with Crippen LogP contribution < -0.4 is 9.47 Å². The molecule has 1 N–H and O–H groups in total. The molecule has 0 unspecified atom stereocenters. The molecule has 0 saturated carbocycles. The number of hydrogen-bond donors (Lipinski definition) is 1. The number of aryl methyl sites for hydroxylation is 2. The average Bonchev–Trinajstić information content (AvgIpc) is 2.86. The summed E-state index contributed by atoms with van der Waals surface area (Å²) in [5.41, 5.74) is 2.35. The molecule has 1 aliphatic heterocycles. The fourth-order valence-corrected chi connectivity index (χ4v) is 4.11. The number of fused-ring (bicyclic) bond motifs is 2. The van der Waals surface area contributed by atoms with Crippen molar-refractivity contribution in [3.63, 3.8) is 0 Å². The smallest absolute Gasteiger partial charge is 0.348 e. The van der Waals surface area contributed by atoms with Crippen LogP contribution in [0.15, 0.2) is 18.2 Å². The molecule has 1 aliphatic rings. The standard InChI is InChI=1S/C26H30O6/c1-5-7-9-10-17-22(25(28)29)16(4)14-21-24(17)31-20-13-15(3)12-18(19(27)11-8-6-2)23(20)26(30)32-21/h12-14H,5-11H2,1-4H3,(H,28,29). The highest BCUT2D eigenvalue weighted by Gasteiger charge is 2.32. The Kier molecular flexibility index (Phi) is 7.33. The van der Waals surface area contributed by atoms with E-state index < -0.39 is 11.9 Å². The van der Waals surface area contributed by atoms with Gasteiger partial charge in [-0.15, -0.1) is 0 Å². The predicted octanol–water partition coefficient (Wildman–Crippen LogP) is 6.43. The highest BCUT2D eigenvalue weighted by molar-refractivity contribution is 6.09. The third-order valence-electron chi connectivity index (χ3n) is 5.71. The molecular formula is C26H30O6. The summed E-state index contributed by atoms with van der Waals surface area (Å²) in [5.74, 6) is -1.19. The lowest BCUT2D eigenvalue weighted by molar-refractivity contribution is 0.0693. The van der Waals surface area contributed by atoms with Crippen LogP contribution in [0, 0.1) is 13.8 Å². The van der Waals surface area contributed by atoms with Crippen molar-refractivity contribution in [2.24, 2.45) is 0 Å². The third-order valence-corrected chi connectivity index (χ3v) is 5.71. The molecule has 170 valence electrons. The molecule has 6 nitrogen and oxygen atoms in total. The van der Waals surface area contributed by atoms with Gasteiger partial charge in [-0.2, -0.15) is 0 Å². The first-order chi connectivity index (χ1) is 15.3. The number of esters is 1. The first-order valence-corrected chi connectivity index (χ1v) is 11.3. The second-order valence-electron chi connectivity index (χ2n) is 8.34. The zero-order valence-electron chi connectivity index (χ0n) is 19.2. The molecule has 0 saturated heterocycles. The first-order valence-electron chi connectivity index (χ1n) is 11.3. The summed E-state index contributed by atoms with van der Waals surface area (Å²) in [7, 11) is 0. The van der Waals surface area contributed by atoms with Gasteiger partial charge in [0.15, 0.2) is 17.3 Å². The molecule has 0 spiro atoms. The van der Waals surface area contributed by atoms with Gasteiger partial charge in [0.2, 0.25) is 0 Å². The van der Waals surface area contributed by atoms with E-state index in [4.69, 9.17) is 9.47 Å². The largest absolute Gasteiger partial charge is 0.478 e. The topological polar surface area (TPSA) is 89.9 Å². The zero-order chi connectivity index (χ0) is 23.4. The highest BCUT2D eigenvalue weighted by Crippen LogP contribution is 2.44. The van der Waals surface area contributed by atoms with E-state index in [1.165, 1.54) is 6.07 Å². The van der Waals surface area contributed by atoms with E-state index in [2.05, 4.69) is 6.92 Å². The summed E-state index contributed by atoms with van der Waals surface area (Å²) < 4.78 is 11.9. The average molecular weight is 439 g/mol. The molecule has 2 aromatic rings. The number of carbonyl (C=O) groups is 3. The molecule has 3 rings (SSSR count). The van der Waals surface area contributed by atoms with E-state index in [1.807, 2.05) is 13.8 Å². The summed E-state index contributed by atoms with van der Waals surface area (Å²) in [6, 6.07) is 4.91. The van der Waals surface area contributed by atoms with E-state index in [0.717, 1.165) is 37.7 Å². The SMILES string of the molecule is CCCCCc1c2c(cc(C)c1C(=O)O)OC(=O)c1c(cc(C)cc1C(=O)CCCC)O2. The van der Waals surface area contributed by atoms with Gasteiger partial charge < -0.3 is 14.6 Å². The molecule has 1 heterocycles. The van der Waals surface area contributed by atoms with Crippen LogP contribution >= 0.6 is 0 Å². The highest BCUT2D eigenvalue weighted by atomic mass is 16.6. The van der Waals surface area contributed by atoms with Crippen molar-refractivity contribution >= 4 is 17.7 Å². The van der Waals surface area contributed by atoms with Crippen LogP contribution in [0.1, 0.15) is 100 Å². The van der Waals surface area contributed by atoms with Gasteiger partial charge in [-0.05, 0) is 62.4 Å². The number of unbranched alkanes of at least 4 members (excludes halogenated alkanes) is 3. The summed E-state index contributed by atoms with van der Waals surface area (Å²) in [5, 5.41) is 9.86. The molecule has 0 fully saturated rings. The fraction of sp³-hybridized carbons (Fsp3) is 0.423. The van der Waals surface area contributed by atoms with Gasteiger partial charge in [0.1, 0.15) is 11.3 Å². The Labute approximate surface area is 188 Å². The van der Waals surface area contributed by atoms with Crippen molar-refractivity contribution in [2.75, 3.05) is 0 Å². The molecule has 2 aromatic carbocycles. The monoisotopic (exact) mass is 438 g/mol. The lowest BCUT2D eigenvalue weighted by Gasteiger charge is -2.17. The van der Waals surface area contributed by atoms with Crippen LogP contribution in [-0.2, 0) is 6.42 Å². The number of Topliss-reactive ketones (excluding diaryl/α,β-unsaturated/α-hetero) is 1. The number of carbonyl (C=O) groups excluding carboxylic acids is 2. The van der Waals surface area contributed by atoms with Gasteiger partial charge >= 0.3 is 11.9 Å². The fourth-order valence-electron chi connectivity index (χ4n) is 4.11. The minimum Gasteiger partial charge on any atom is -0.478 e. The third kappa shape index (κ3) is 4.69. The van der Waals surface area contributed by atoms with E-state index >= 15 is 0 Å². The van der Waals surface area contributed by atoms with Crippen molar-refractivity contribution < 1.29 is 29.0 Å². The molecule has 0 bridgehead atoms. The quantitative estimate of drug-likeness (QED) is 0.210. The lowest BCUT2D eigenvalue weighted by Crippen LogP contribution is -2.14. The normalized spacial score (nSPS) is 12.3. The number of ketones is 1. The van der Waals surface area contributed by atoms with Crippen molar-refractivity contribution in [3.05, 3.63) is 51.6 Å². The maximum absolute atomic E-state index is 13.1. The second-order valence-corrected chi connectivity index (χ2v) is 8.34. The van der Waals surface area contributed by atoms with Crippen LogP contribution in [0.25, 0.3) is 0 Å². The Morgan fingerprint density at radius 1 is 0.938 bits per heavy atom. The minimum atomic E-state index is -1.05. The van der Waals surface area contributed by atoms with Gasteiger partial charge in [-0.1, -0.05) is 33.1 Å². The maximum atomic E-state index is 13.1. The number of hydrogen-bond acceptors (Lipinski definition) is 5. The van der Waals surface area contributed by atoms with Crippen LogP contribution in [0.2, 0.25) is 0 Å². The molecule has 0 aliphatic carbocycles. The van der Waals surface area contributed by atoms with Gasteiger partial charge in [0, 0.05) is 17.5 Å². The first kappa shape index (κ1) is 23.5. The van der Waals surface area contributed by atoms with Crippen molar-refractivity contribution in [2.45, 2.75) is 72.6 Å². The number of aromatic carboxylic acids is 1. The molecule has 0 aromatic heterocycles. The Morgan fingerprint density at radius 2 is 1.66 bits per heavy atom. The lowest BCUT2D eigenvalue weighted by atomic mass is 9.95. The Bertz CT molecular complexity index is 1070. The Hall–Kier alpha value is -3.15. The molecule has 0 atom stereocenters. The van der Waals surface area contributed by atoms with Gasteiger partial charge in [0.05, 0.1) is 5.56 Å². The Morgan fingerprint density at radius 3 is 2.31 bits per heavy atom. The maximum Gasteiger partial charge on any atom is 0.348 e. The molecular weight excluding hydrogens is 408 g/mol. The summed E-state index contributed by atoms with van der Waals surface area (Å²) >= 11 is 0. The van der Waals surface area contributed by atoms with E-state index in [1.54, 1.807) is 19.1 Å². The van der Waals surface area contributed by atoms with Crippen LogP contribution in [0.5, 0.6) is 17.2 Å². The van der Waals surface area contributed by atoms with E-state index in [9.17, 15) is 19.5 Å².